The fourth-order valence-corrected chi connectivity index (χ4v) is 1.72. The summed E-state index contributed by atoms with van der Waals surface area (Å²) in [5.41, 5.74) is 6.35. The Kier molecular flexibility index (Phi) is 4.24. The Hall–Kier alpha value is -2.50. The smallest absolute Gasteiger partial charge is 0.253 e. The molecule has 0 saturated carbocycles. The number of nitrogens with zero attached hydrogens (tertiary/aromatic N) is 1. The Bertz CT molecular complexity index is 617. The molecular formula is C14H13F2N3O. The van der Waals surface area contributed by atoms with Crippen molar-refractivity contribution in [1.29, 1.82) is 0 Å². The van der Waals surface area contributed by atoms with Crippen LogP contribution in [0.25, 0.3) is 0 Å². The molecule has 0 bridgehead atoms. The standard InChI is InChI=1S/C14H13F2N3O/c15-11-7-10(13(17)8-12(11)16)14(20)19-6-3-9-1-4-18-5-2-9/h1-2,4-5,7-8H,3,6,17H2,(H,19,20). The van der Waals surface area contributed by atoms with Gasteiger partial charge in [0.2, 0.25) is 0 Å². The molecule has 6 heteroatoms. The van der Waals surface area contributed by atoms with Gasteiger partial charge in [0.05, 0.1) is 5.56 Å². The molecule has 0 spiro atoms. The van der Waals surface area contributed by atoms with E-state index in [9.17, 15) is 13.6 Å². The minimum absolute atomic E-state index is 0.0707. The molecule has 0 atom stereocenters. The second kappa shape index (κ2) is 6.10. The predicted molar refractivity (Wildman–Crippen MR) is 71.0 cm³/mol. The van der Waals surface area contributed by atoms with Crippen LogP contribution < -0.4 is 11.1 Å². The van der Waals surface area contributed by atoms with Gasteiger partial charge in [0, 0.05) is 30.7 Å². The maximum atomic E-state index is 13.1. The molecule has 4 nitrogen and oxygen atoms in total. The first-order chi connectivity index (χ1) is 9.58. The minimum Gasteiger partial charge on any atom is -0.398 e. The summed E-state index contributed by atoms with van der Waals surface area (Å²) in [7, 11) is 0. The van der Waals surface area contributed by atoms with Gasteiger partial charge in [-0.2, -0.15) is 0 Å². The molecular weight excluding hydrogens is 264 g/mol. The highest BCUT2D eigenvalue weighted by atomic mass is 19.2. The molecule has 104 valence electrons. The van der Waals surface area contributed by atoms with E-state index in [0.29, 0.717) is 13.0 Å². The summed E-state index contributed by atoms with van der Waals surface area (Å²) < 4.78 is 26.0. The zero-order chi connectivity index (χ0) is 14.5. The Labute approximate surface area is 114 Å². The summed E-state index contributed by atoms with van der Waals surface area (Å²) in [6, 6.07) is 5.26. The average molecular weight is 277 g/mol. The van der Waals surface area contributed by atoms with Crippen molar-refractivity contribution in [1.82, 2.24) is 10.3 Å². The first-order valence-corrected chi connectivity index (χ1v) is 5.99. The predicted octanol–water partition coefficient (Wildman–Crippen LogP) is 1.91. The second-order valence-electron chi connectivity index (χ2n) is 4.21. The molecule has 0 fully saturated rings. The number of rotatable bonds is 4. The van der Waals surface area contributed by atoms with E-state index in [1.807, 2.05) is 12.1 Å². The van der Waals surface area contributed by atoms with Crippen LogP contribution in [0.15, 0.2) is 36.7 Å². The first-order valence-electron chi connectivity index (χ1n) is 5.99. The molecule has 3 N–H and O–H groups in total. The van der Waals surface area contributed by atoms with E-state index in [1.54, 1.807) is 12.4 Å². The molecule has 0 aliphatic heterocycles. The Morgan fingerprint density at radius 2 is 1.85 bits per heavy atom. The molecule has 1 aromatic carbocycles. The molecule has 1 amide bonds. The number of nitrogens with one attached hydrogen (secondary N) is 1. The Morgan fingerprint density at radius 1 is 1.20 bits per heavy atom. The van der Waals surface area contributed by atoms with Crippen molar-refractivity contribution in [3.05, 3.63) is 59.4 Å². The Morgan fingerprint density at radius 3 is 2.55 bits per heavy atom. The number of anilines is 1. The van der Waals surface area contributed by atoms with Gasteiger partial charge in [-0.15, -0.1) is 0 Å². The van der Waals surface area contributed by atoms with Gasteiger partial charge in [-0.05, 0) is 30.2 Å². The highest BCUT2D eigenvalue weighted by Crippen LogP contribution is 2.16. The van der Waals surface area contributed by atoms with Gasteiger partial charge in [0.15, 0.2) is 11.6 Å². The zero-order valence-electron chi connectivity index (χ0n) is 10.6. The van der Waals surface area contributed by atoms with E-state index in [0.717, 1.165) is 17.7 Å². The topological polar surface area (TPSA) is 68.0 Å². The van der Waals surface area contributed by atoms with Crippen LogP contribution in [0.4, 0.5) is 14.5 Å². The number of hydrogen-bond acceptors (Lipinski definition) is 3. The number of nitrogens with two attached hydrogens (primary N) is 1. The van der Waals surface area contributed by atoms with E-state index in [-0.39, 0.29) is 11.3 Å². The van der Waals surface area contributed by atoms with Gasteiger partial charge in [0.1, 0.15) is 0 Å². The fourth-order valence-electron chi connectivity index (χ4n) is 1.72. The van der Waals surface area contributed by atoms with Crippen LogP contribution in [0.2, 0.25) is 0 Å². The van der Waals surface area contributed by atoms with Crippen LogP contribution in [-0.2, 0) is 6.42 Å². The third kappa shape index (κ3) is 3.28. The van der Waals surface area contributed by atoms with Gasteiger partial charge in [-0.3, -0.25) is 9.78 Å². The molecule has 0 unspecified atom stereocenters. The molecule has 0 saturated heterocycles. The van der Waals surface area contributed by atoms with Crippen LogP contribution in [0, 0.1) is 11.6 Å². The number of carbonyl (C=O) groups excluding carboxylic acids is 1. The van der Waals surface area contributed by atoms with Crippen molar-refractivity contribution in [3.63, 3.8) is 0 Å². The van der Waals surface area contributed by atoms with E-state index >= 15 is 0 Å². The second-order valence-corrected chi connectivity index (χ2v) is 4.21. The van der Waals surface area contributed by atoms with Crippen LogP contribution in [0.5, 0.6) is 0 Å². The van der Waals surface area contributed by atoms with Crippen LogP contribution in [0.1, 0.15) is 15.9 Å². The monoisotopic (exact) mass is 277 g/mol. The highest BCUT2D eigenvalue weighted by molar-refractivity contribution is 5.99. The maximum Gasteiger partial charge on any atom is 0.253 e. The lowest BCUT2D eigenvalue weighted by atomic mass is 10.1. The van der Waals surface area contributed by atoms with Crippen LogP contribution in [-0.4, -0.2) is 17.4 Å². The number of aromatic nitrogens is 1. The van der Waals surface area contributed by atoms with E-state index in [1.165, 1.54) is 0 Å². The van der Waals surface area contributed by atoms with Crippen molar-refractivity contribution < 1.29 is 13.6 Å². The summed E-state index contributed by atoms with van der Waals surface area (Å²) in [4.78, 5) is 15.7. The molecule has 0 radical (unpaired) electrons. The van der Waals surface area contributed by atoms with Crippen LogP contribution in [0.3, 0.4) is 0 Å². The summed E-state index contributed by atoms with van der Waals surface area (Å²) >= 11 is 0. The first kappa shape index (κ1) is 13.9. The van der Waals surface area contributed by atoms with Crippen molar-refractivity contribution in [3.8, 4) is 0 Å². The molecule has 1 heterocycles. The number of nitrogen functional groups attached to an aromatic ring is 1. The lowest BCUT2D eigenvalue weighted by Gasteiger charge is -2.08. The normalized spacial score (nSPS) is 10.3. The lowest BCUT2D eigenvalue weighted by Crippen LogP contribution is -2.26. The Balaban J connectivity index is 1.97. The quantitative estimate of drug-likeness (QED) is 0.839. The van der Waals surface area contributed by atoms with Crippen molar-refractivity contribution in [2.75, 3.05) is 12.3 Å². The minimum atomic E-state index is -1.10. The number of halogens is 2. The van der Waals surface area contributed by atoms with Crippen molar-refractivity contribution in [2.24, 2.45) is 0 Å². The largest absolute Gasteiger partial charge is 0.398 e. The van der Waals surface area contributed by atoms with Gasteiger partial charge in [-0.1, -0.05) is 0 Å². The maximum absolute atomic E-state index is 13.1. The SMILES string of the molecule is Nc1cc(F)c(F)cc1C(=O)NCCc1ccncc1. The number of benzene rings is 1. The molecule has 2 aromatic rings. The molecule has 20 heavy (non-hydrogen) atoms. The summed E-state index contributed by atoms with van der Waals surface area (Å²) in [5, 5.41) is 2.61. The van der Waals surface area contributed by atoms with Gasteiger partial charge in [-0.25, -0.2) is 8.78 Å². The zero-order valence-corrected chi connectivity index (χ0v) is 10.6. The number of carbonyl (C=O) groups is 1. The lowest BCUT2D eigenvalue weighted by molar-refractivity contribution is 0.0954. The molecule has 1 aromatic heterocycles. The van der Waals surface area contributed by atoms with E-state index < -0.39 is 17.5 Å². The third-order valence-corrected chi connectivity index (χ3v) is 2.79. The van der Waals surface area contributed by atoms with Gasteiger partial charge >= 0.3 is 0 Å². The van der Waals surface area contributed by atoms with Crippen LogP contribution >= 0.6 is 0 Å². The fraction of sp³-hybridized carbons (Fsp3) is 0.143. The van der Waals surface area contributed by atoms with E-state index in [4.69, 9.17) is 5.73 Å². The number of amides is 1. The number of hydrogen-bond donors (Lipinski definition) is 2. The average Bonchev–Trinajstić information content (AvgIpc) is 2.44. The van der Waals surface area contributed by atoms with Gasteiger partial charge in [0.25, 0.3) is 5.91 Å². The van der Waals surface area contributed by atoms with Crippen molar-refractivity contribution in [2.45, 2.75) is 6.42 Å². The third-order valence-electron chi connectivity index (χ3n) is 2.79. The molecule has 2 rings (SSSR count). The summed E-state index contributed by atoms with van der Waals surface area (Å²) in [6.45, 7) is 0.362. The summed E-state index contributed by atoms with van der Waals surface area (Å²) in [6.07, 6.45) is 3.92. The highest BCUT2D eigenvalue weighted by Gasteiger charge is 2.13. The number of pyridine rings is 1. The molecule has 0 aliphatic rings. The van der Waals surface area contributed by atoms with Gasteiger partial charge < -0.3 is 11.1 Å². The summed E-state index contributed by atoms with van der Waals surface area (Å²) in [5.74, 6) is -2.70. The van der Waals surface area contributed by atoms with E-state index in [2.05, 4.69) is 10.3 Å². The van der Waals surface area contributed by atoms with Crippen molar-refractivity contribution >= 4 is 11.6 Å². The molecule has 0 aliphatic carbocycles.